The van der Waals surface area contributed by atoms with Gasteiger partial charge in [-0.05, 0) is 53.4 Å². The summed E-state index contributed by atoms with van der Waals surface area (Å²) in [7, 11) is 0. The molecule has 0 bridgehead atoms. The van der Waals surface area contributed by atoms with E-state index < -0.39 is 0 Å². The second-order valence-electron chi connectivity index (χ2n) is 5.13. The van der Waals surface area contributed by atoms with Gasteiger partial charge >= 0.3 is 0 Å². The maximum absolute atomic E-state index is 12.6. The summed E-state index contributed by atoms with van der Waals surface area (Å²) < 4.78 is 6.56. The number of carbonyl (C=O) groups excluding carboxylic acids is 1. The summed E-state index contributed by atoms with van der Waals surface area (Å²) in [6.07, 6.45) is 3.18. The molecule has 1 aliphatic rings. The minimum Gasteiger partial charge on any atom is -0.399 e. The highest BCUT2D eigenvalue weighted by molar-refractivity contribution is 9.10. The summed E-state index contributed by atoms with van der Waals surface area (Å²) in [5.41, 5.74) is 7.00. The minimum absolute atomic E-state index is 0.0222. The third-order valence-corrected chi connectivity index (χ3v) is 4.14. The first-order chi connectivity index (χ1) is 9.61. The van der Waals surface area contributed by atoms with E-state index in [1.54, 1.807) is 12.1 Å². The number of hydrogen-bond donors (Lipinski definition) is 1. The van der Waals surface area contributed by atoms with Gasteiger partial charge in [0.2, 0.25) is 0 Å². The van der Waals surface area contributed by atoms with E-state index in [1.165, 1.54) is 0 Å². The molecule has 0 saturated carbocycles. The van der Waals surface area contributed by atoms with Crippen molar-refractivity contribution in [3.8, 4) is 0 Å². The molecular formula is C15H21BrN2O2. The molecule has 2 rings (SSSR count). The average Bonchev–Trinajstić information content (AvgIpc) is 2.47. The van der Waals surface area contributed by atoms with Crippen LogP contribution in [0, 0.1) is 0 Å². The number of ether oxygens (including phenoxy) is 1. The fourth-order valence-corrected chi connectivity index (χ4v) is 2.84. The van der Waals surface area contributed by atoms with E-state index in [0.29, 0.717) is 17.8 Å². The number of benzene rings is 1. The molecule has 20 heavy (non-hydrogen) atoms. The van der Waals surface area contributed by atoms with Gasteiger partial charge in [-0.2, -0.15) is 0 Å². The van der Waals surface area contributed by atoms with E-state index in [4.69, 9.17) is 10.5 Å². The molecule has 0 spiro atoms. The monoisotopic (exact) mass is 340 g/mol. The molecule has 1 amide bonds. The number of nitrogens with two attached hydrogens (primary N) is 1. The summed E-state index contributed by atoms with van der Waals surface area (Å²) >= 11 is 3.42. The summed E-state index contributed by atoms with van der Waals surface area (Å²) in [6, 6.07) is 5.32. The Kier molecular flexibility index (Phi) is 5.43. The van der Waals surface area contributed by atoms with Crippen LogP contribution >= 0.6 is 15.9 Å². The third-order valence-electron chi connectivity index (χ3n) is 3.44. The zero-order valence-corrected chi connectivity index (χ0v) is 13.4. The Labute approximate surface area is 128 Å². The van der Waals surface area contributed by atoms with Crippen molar-refractivity contribution < 1.29 is 9.53 Å². The van der Waals surface area contributed by atoms with Crippen molar-refractivity contribution >= 4 is 27.5 Å². The largest absolute Gasteiger partial charge is 0.399 e. The quantitative estimate of drug-likeness (QED) is 0.857. The van der Waals surface area contributed by atoms with Gasteiger partial charge in [-0.1, -0.05) is 6.92 Å². The molecule has 1 heterocycles. The lowest BCUT2D eigenvalue weighted by Gasteiger charge is -2.33. The number of hydrogen-bond acceptors (Lipinski definition) is 3. The van der Waals surface area contributed by atoms with Crippen LogP contribution in [-0.4, -0.2) is 36.6 Å². The highest BCUT2D eigenvalue weighted by Crippen LogP contribution is 2.23. The molecule has 0 aliphatic carbocycles. The van der Waals surface area contributed by atoms with Gasteiger partial charge in [-0.15, -0.1) is 0 Å². The number of likely N-dealkylation sites (tertiary alicyclic amines) is 1. The van der Waals surface area contributed by atoms with Crippen LogP contribution in [0.1, 0.15) is 36.5 Å². The maximum Gasteiger partial charge on any atom is 0.255 e. The fraction of sp³-hybridized carbons (Fsp3) is 0.533. The topological polar surface area (TPSA) is 55.6 Å². The Morgan fingerprint density at radius 2 is 2.35 bits per heavy atom. The first kappa shape index (κ1) is 15.3. The first-order valence-electron chi connectivity index (χ1n) is 7.07. The SMILES string of the molecule is CCCOC1CCCN(C(=O)c2cc(N)ccc2Br)C1. The molecule has 110 valence electrons. The van der Waals surface area contributed by atoms with E-state index in [-0.39, 0.29) is 12.0 Å². The van der Waals surface area contributed by atoms with Crippen LogP contribution in [0.15, 0.2) is 22.7 Å². The van der Waals surface area contributed by atoms with E-state index >= 15 is 0 Å². The molecule has 4 nitrogen and oxygen atoms in total. The second kappa shape index (κ2) is 7.09. The van der Waals surface area contributed by atoms with Gasteiger partial charge in [-0.25, -0.2) is 0 Å². The summed E-state index contributed by atoms with van der Waals surface area (Å²) in [4.78, 5) is 14.4. The Hall–Kier alpha value is -1.07. The number of halogens is 1. The molecule has 1 unspecified atom stereocenters. The Morgan fingerprint density at radius 3 is 3.10 bits per heavy atom. The number of piperidine rings is 1. The van der Waals surface area contributed by atoms with Crippen LogP contribution in [0.2, 0.25) is 0 Å². The van der Waals surface area contributed by atoms with E-state index in [9.17, 15) is 4.79 Å². The second-order valence-corrected chi connectivity index (χ2v) is 5.98. The molecular weight excluding hydrogens is 320 g/mol. The normalized spacial score (nSPS) is 19.1. The highest BCUT2D eigenvalue weighted by atomic mass is 79.9. The van der Waals surface area contributed by atoms with E-state index in [1.807, 2.05) is 11.0 Å². The summed E-state index contributed by atoms with van der Waals surface area (Å²) in [6.45, 7) is 4.30. The zero-order chi connectivity index (χ0) is 14.5. The van der Waals surface area contributed by atoms with Crippen LogP contribution in [0.3, 0.4) is 0 Å². The van der Waals surface area contributed by atoms with Gasteiger partial charge in [0.15, 0.2) is 0 Å². The molecule has 1 atom stereocenters. The van der Waals surface area contributed by atoms with Gasteiger partial charge in [0.05, 0.1) is 11.7 Å². The molecule has 0 radical (unpaired) electrons. The van der Waals surface area contributed by atoms with Gasteiger partial charge in [0.25, 0.3) is 5.91 Å². The average molecular weight is 341 g/mol. The number of amides is 1. The number of carbonyl (C=O) groups is 1. The van der Waals surface area contributed by atoms with Gasteiger partial charge in [0.1, 0.15) is 0 Å². The number of nitrogen functional groups attached to an aromatic ring is 1. The summed E-state index contributed by atoms with van der Waals surface area (Å²) in [5, 5.41) is 0. The van der Waals surface area contributed by atoms with Crippen LogP contribution in [-0.2, 0) is 4.74 Å². The van der Waals surface area contributed by atoms with Crippen molar-refractivity contribution in [3.63, 3.8) is 0 Å². The molecule has 1 aromatic carbocycles. The Balaban J connectivity index is 2.06. The number of rotatable bonds is 4. The van der Waals surface area contributed by atoms with E-state index in [0.717, 1.165) is 36.9 Å². The fourth-order valence-electron chi connectivity index (χ4n) is 2.42. The molecule has 1 fully saturated rings. The first-order valence-corrected chi connectivity index (χ1v) is 7.87. The van der Waals surface area contributed by atoms with Crippen molar-refractivity contribution in [1.82, 2.24) is 4.90 Å². The summed E-state index contributed by atoms with van der Waals surface area (Å²) in [5.74, 6) is 0.0222. The Morgan fingerprint density at radius 1 is 1.55 bits per heavy atom. The predicted octanol–water partition coefficient (Wildman–Crippen LogP) is 3.06. The standard InChI is InChI=1S/C15H21BrN2O2/c1-2-8-20-12-4-3-7-18(10-12)15(19)13-9-11(17)5-6-14(13)16/h5-6,9,12H,2-4,7-8,10,17H2,1H3. The van der Waals surface area contributed by atoms with E-state index in [2.05, 4.69) is 22.9 Å². The molecule has 1 aliphatic heterocycles. The highest BCUT2D eigenvalue weighted by Gasteiger charge is 2.25. The van der Waals surface area contributed by atoms with Crippen molar-refractivity contribution in [3.05, 3.63) is 28.2 Å². The lowest BCUT2D eigenvalue weighted by Crippen LogP contribution is -2.43. The lowest BCUT2D eigenvalue weighted by atomic mass is 10.1. The zero-order valence-electron chi connectivity index (χ0n) is 11.8. The predicted molar refractivity (Wildman–Crippen MR) is 83.7 cm³/mol. The number of nitrogens with zero attached hydrogens (tertiary/aromatic N) is 1. The third kappa shape index (κ3) is 3.73. The smallest absolute Gasteiger partial charge is 0.255 e. The van der Waals surface area contributed by atoms with Crippen LogP contribution in [0.4, 0.5) is 5.69 Å². The molecule has 1 saturated heterocycles. The molecule has 1 aromatic rings. The Bertz CT molecular complexity index is 479. The molecule has 5 heteroatoms. The molecule has 0 aromatic heterocycles. The van der Waals surface area contributed by atoms with Gasteiger partial charge in [0, 0.05) is 29.9 Å². The maximum atomic E-state index is 12.6. The lowest BCUT2D eigenvalue weighted by molar-refractivity contribution is 0.00208. The minimum atomic E-state index is 0.0222. The van der Waals surface area contributed by atoms with Gasteiger partial charge < -0.3 is 15.4 Å². The number of anilines is 1. The van der Waals surface area contributed by atoms with Crippen LogP contribution in [0.5, 0.6) is 0 Å². The van der Waals surface area contributed by atoms with Crippen LogP contribution in [0.25, 0.3) is 0 Å². The van der Waals surface area contributed by atoms with Crippen molar-refractivity contribution in [2.45, 2.75) is 32.3 Å². The molecule has 2 N–H and O–H groups in total. The van der Waals surface area contributed by atoms with Crippen molar-refractivity contribution in [2.75, 3.05) is 25.4 Å². The van der Waals surface area contributed by atoms with Crippen molar-refractivity contribution in [2.24, 2.45) is 0 Å². The van der Waals surface area contributed by atoms with Crippen molar-refractivity contribution in [1.29, 1.82) is 0 Å². The van der Waals surface area contributed by atoms with Gasteiger partial charge in [-0.3, -0.25) is 4.79 Å². The van der Waals surface area contributed by atoms with Crippen LogP contribution < -0.4 is 5.73 Å².